The predicted octanol–water partition coefficient (Wildman–Crippen LogP) is 0.796. The minimum atomic E-state index is -0.497. The molecule has 0 unspecified atom stereocenters. The van der Waals surface area contributed by atoms with Gasteiger partial charge in [0.15, 0.2) is 11.5 Å². The zero-order chi connectivity index (χ0) is 13.8. The van der Waals surface area contributed by atoms with Gasteiger partial charge >= 0.3 is 5.97 Å². The van der Waals surface area contributed by atoms with Crippen molar-refractivity contribution in [2.45, 2.75) is 6.54 Å². The number of pyridine rings is 1. The third-order valence-corrected chi connectivity index (χ3v) is 2.68. The molecule has 0 spiro atoms. The maximum Gasteiger partial charge on any atom is 0.356 e. The van der Waals surface area contributed by atoms with Gasteiger partial charge in [-0.3, -0.25) is 4.68 Å². The van der Waals surface area contributed by atoms with E-state index in [0.29, 0.717) is 18.1 Å². The lowest BCUT2D eigenvalue weighted by Crippen LogP contribution is -2.11. The number of nitrogen functional groups attached to an aromatic ring is 1. The molecule has 19 heavy (non-hydrogen) atoms. The third kappa shape index (κ3) is 2.82. The molecule has 0 aliphatic rings. The molecule has 0 amide bonds. The van der Waals surface area contributed by atoms with E-state index in [0.717, 1.165) is 5.69 Å². The van der Waals surface area contributed by atoms with E-state index >= 15 is 0 Å². The van der Waals surface area contributed by atoms with Gasteiger partial charge in [0.05, 0.1) is 25.0 Å². The molecule has 0 saturated carbocycles. The summed E-state index contributed by atoms with van der Waals surface area (Å²) in [5, 5.41) is 7.13. The second-order valence-corrected chi connectivity index (χ2v) is 3.93. The number of aryl methyl sites for hydroxylation is 1. The summed E-state index contributed by atoms with van der Waals surface area (Å²) in [6.45, 7) is 0.512. The highest BCUT2D eigenvalue weighted by Crippen LogP contribution is 2.17. The van der Waals surface area contributed by atoms with E-state index in [1.807, 2.05) is 13.1 Å². The Bertz CT molecular complexity index is 594. The van der Waals surface area contributed by atoms with Gasteiger partial charge in [-0.25, -0.2) is 9.78 Å². The number of esters is 1. The Morgan fingerprint density at radius 3 is 2.89 bits per heavy atom. The highest BCUT2D eigenvalue weighted by molar-refractivity contribution is 5.88. The summed E-state index contributed by atoms with van der Waals surface area (Å²) in [6.07, 6.45) is 1.71. The van der Waals surface area contributed by atoms with Crippen LogP contribution in [0.25, 0.3) is 0 Å². The molecule has 0 fully saturated rings. The van der Waals surface area contributed by atoms with E-state index in [2.05, 4.69) is 20.1 Å². The molecule has 0 aliphatic carbocycles. The van der Waals surface area contributed by atoms with E-state index in [9.17, 15) is 4.79 Å². The van der Waals surface area contributed by atoms with Crippen LogP contribution >= 0.6 is 0 Å². The number of nitrogens with zero attached hydrogens (tertiary/aromatic N) is 3. The fourth-order valence-electron chi connectivity index (χ4n) is 1.58. The molecular formula is C12H15N5O2. The molecular weight excluding hydrogens is 246 g/mol. The van der Waals surface area contributed by atoms with Gasteiger partial charge in [0.25, 0.3) is 0 Å². The van der Waals surface area contributed by atoms with Crippen molar-refractivity contribution in [3.05, 3.63) is 35.8 Å². The van der Waals surface area contributed by atoms with Gasteiger partial charge in [-0.15, -0.1) is 0 Å². The van der Waals surface area contributed by atoms with Gasteiger partial charge < -0.3 is 15.8 Å². The number of anilines is 2. The van der Waals surface area contributed by atoms with E-state index in [-0.39, 0.29) is 5.69 Å². The Morgan fingerprint density at radius 1 is 1.47 bits per heavy atom. The first-order chi connectivity index (χ1) is 9.11. The van der Waals surface area contributed by atoms with Crippen molar-refractivity contribution < 1.29 is 9.53 Å². The number of nitrogens with two attached hydrogens (primary N) is 1. The summed E-state index contributed by atoms with van der Waals surface area (Å²) in [6, 6.07) is 5.02. The monoisotopic (exact) mass is 261 g/mol. The number of hydrogen-bond acceptors (Lipinski definition) is 6. The molecule has 2 rings (SSSR count). The molecule has 2 aromatic rings. The molecule has 0 bridgehead atoms. The summed E-state index contributed by atoms with van der Waals surface area (Å²) in [4.78, 5) is 15.5. The van der Waals surface area contributed by atoms with E-state index < -0.39 is 5.97 Å². The zero-order valence-electron chi connectivity index (χ0n) is 10.8. The first-order valence-corrected chi connectivity index (χ1v) is 5.67. The van der Waals surface area contributed by atoms with E-state index in [4.69, 9.17) is 5.73 Å². The summed E-state index contributed by atoms with van der Waals surface area (Å²) >= 11 is 0. The molecule has 3 N–H and O–H groups in total. The van der Waals surface area contributed by atoms with Crippen molar-refractivity contribution in [3.63, 3.8) is 0 Å². The van der Waals surface area contributed by atoms with Crippen LogP contribution in [0.15, 0.2) is 24.4 Å². The van der Waals surface area contributed by atoms with Crippen molar-refractivity contribution in [1.82, 2.24) is 14.8 Å². The normalized spacial score (nSPS) is 10.2. The minimum Gasteiger partial charge on any atom is -0.464 e. The summed E-state index contributed by atoms with van der Waals surface area (Å²) < 4.78 is 6.36. The third-order valence-electron chi connectivity index (χ3n) is 2.68. The van der Waals surface area contributed by atoms with Gasteiger partial charge in [0.1, 0.15) is 0 Å². The van der Waals surface area contributed by atoms with Crippen LogP contribution in [0, 0.1) is 0 Å². The SMILES string of the molecule is COC(=O)c1ccc(N)c(NCc2ccnn2C)n1. The second kappa shape index (κ2) is 5.38. The molecule has 2 aromatic heterocycles. The van der Waals surface area contributed by atoms with Crippen LogP contribution in [-0.4, -0.2) is 27.8 Å². The van der Waals surface area contributed by atoms with E-state index in [1.165, 1.54) is 13.2 Å². The lowest BCUT2D eigenvalue weighted by atomic mass is 10.3. The largest absolute Gasteiger partial charge is 0.464 e. The Hall–Kier alpha value is -2.57. The molecule has 100 valence electrons. The van der Waals surface area contributed by atoms with Crippen LogP contribution in [0.4, 0.5) is 11.5 Å². The molecule has 0 radical (unpaired) electrons. The first-order valence-electron chi connectivity index (χ1n) is 5.67. The average Bonchev–Trinajstić information content (AvgIpc) is 2.82. The second-order valence-electron chi connectivity index (χ2n) is 3.93. The minimum absolute atomic E-state index is 0.212. The topological polar surface area (TPSA) is 95.1 Å². The number of aromatic nitrogens is 3. The number of rotatable bonds is 4. The molecule has 7 heteroatoms. The molecule has 7 nitrogen and oxygen atoms in total. The summed E-state index contributed by atoms with van der Waals surface area (Å²) in [7, 11) is 3.15. The zero-order valence-corrected chi connectivity index (χ0v) is 10.8. The van der Waals surface area contributed by atoms with Crippen LogP contribution in [0.1, 0.15) is 16.2 Å². The smallest absolute Gasteiger partial charge is 0.356 e. The van der Waals surface area contributed by atoms with Gasteiger partial charge in [0, 0.05) is 13.2 Å². The highest BCUT2D eigenvalue weighted by Gasteiger charge is 2.10. The molecule has 0 aliphatic heterocycles. The molecule has 0 saturated heterocycles. The number of carbonyl (C=O) groups excluding carboxylic acids is 1. The number of methoxy groups -OCH3 is 1. The number of hydrogen-bond donors (Lipinski definition) is 2. The Kier molecular flexibility index (Phi) is 3.65. The van der Waals surface area contributed by atoms with E-state index in [1.54, 1.807) is 16.9 Å². The number of nitrogens with one attached hydrogen (secondary N) is 1. The Labute approximate surface area is 110 Å². The fraction of sp³-hybridized carbons (Fsp3) is 0.250. The first kappa shape index (κ1) is 12.9. The molecule has 0 atom stereocenters. The fourth-order valence-corrected chi connectivity index (χ4v) is 1.58. The standard InChI is InChI=1S/C12H15N5O2/c1-17-8(5-6-15-17)7-14-11-9(13)3-4-10(16-11)12(18)19-2/h3-6H,7,13H2,1-2H3,(H,14,16). The van der Waals surface area contributed by atoms with Gasteiger partial charge in [-0.05, 0) is 18.2 Å². The van der Waals surface area contributed by atoms with Crippen LogP contribution in [0.2, 0.25) is 0 Å². The summed E-state index contributed by atoms with van der Waals surface area (Å²) in [5.74, 6) is -0.0484. The van der Waals surface area contributed by atoms with Gasteiger partial charge in [0.2, 0.25) is 0 Å². The van der Waals surface area contributed by atoms with Crippen LogP contribution in [0.5, 0.6) is 0 Å². The maximum absolute atomic E-state index is 11.4. The number of carbonyl (C=O) groups is 1. The Morgan fingerprint density at radius 2 is 2.26 bits per heavy atom. The van der Waals surface area contributed by atoms with Crippen LogP contribution in [-0.2, 0) is 18.3 Å². The van der Waals surface area contributed by atoms with Crippen molar-refractivity contribution in [1.29, 1.82) is 0 Å². The molecule has 0 aromatic carbocycles. The highest BCUT2D eigenvalue weighted by atomic mass is 16.5. The van der Waals surface area contributed by atoms with Gasteiger partial charge in [-0.2, -0.15) is 5.10 Å². The van der Waals surface area contributed by atoms with Crippen LogP contribution < -0.4 is 11.1 Å². The van der Waals surface area contributed by atoms with Crippen LogP contribution in [0.3, 0.4) is 0 Å². The lowest BCUT2D eigenvalue weighted by molar-refractivity contribution is 0.0594. The van der Waals surface area contributed by atoms with Crippen molar-refractivity contribution in [2.24, 2.45) is 7.05 Å². The predicted molar refractivity (Wildman–Crippen MR) is 70.5 cm³/mol. The average molecular weight is 261 g/mol. The molecule has 2 heterocycles. The lowest BCUT2D eigenvalue weighted by Gasteiger charge is -2.09. The summed E-state index contributed by atoms with van der Waals surface area (Å²) in [5.41, 5.74) is 7.47. The van der Waals surface area contributed by atoms with Crippen molar-refractivity contribution in [2.75, 3.05) is 18.2 Å². The Balaban J connectivity index is 2.15. The maximum atomic E-state index is 11.4. The van der Waals surface area contributed by atoms with Crippen molar-refractivity contribution in [3.8, 4) is 0 Å². The quantitative estimate of drug-likeness (QED) is 0.790. The van der Waals surface area contributed by atoms with Gasteiger partial charge in [-0.1, -0.05) is 0 Å². The van der Waals surface area contributed by atoms with Crippen molar-refractivity contribution >= 4 is 17.5 Å². The number of ether oxygens (including phenoxy) is 1.